The molecular weight excluding hydrogens is 461 g/mol. The SMILES string of the molecule is Cl[Si](Cl)(Cl)C(C=CC(c1ccccc1)[Si](Cl)(Cl)Cl)c1ccccc1. The number of rotatable bonds is 6. The van der Waals surface area contributed by atoms with Gasteiger partial charge in [-0.1, -0.05) is 72.8 Å². The first-order valence-corrected chi connectivity index (χ1v) is 17.3. The third-order valence-corrected chi connectivity index (χ3v) is 10.2. The van der Waals surface area contributed by atoms with Crippen LogP contribution in [0.4, 0.5) is 0 Å². The predicted octanol–water partition coefficient (Wildman–Crippen LogP) is 7.50. The first-order valence-electron chi connectivity index (χ1n) is 7.11. The second kappa shape index (κ2) is 8.83. The van der Waals surface area contributed by atoms with Gasteiger partial charge in [-0.05, 0) is 11.1 Å². The van der Waals surface area contributed by atoms with Crippen molar-refractivity contribution in [1.29, 1.82) is 0 Å². The van der Waals surface area contributed by atoms with E-state index in [1.807, 2.05) is 72.8 Å². The average Bonchev–Trinajstić information content (AvgIpc) is 2.51. The molecule has 0 aliphatic carbocycles. The van der Waals surface area contributed by atoms with Crippen LogP contribution in [0.3, 0.4) is 0 Å². The highest BCUT2D eigenvalue weighted by atomic mass is 35.8. The monoisotopic (exact) mass is 472 g/mol. The van der Waals surface area contributed by atoms with Gasteiger partial charge in [-0.3, -0.25) is 0 Å². The van der Waals surface area contributed by atoms with Crippen LogP contribution in [0.2, 0.25) is 0 Å². The lowest BCUT2D eigenvalue weighted by Gasteiger charge is -2.23. The Balaban J connectivity index is 2.38. The molecule has 8 heteroatoms. The molecule has 0 aliphatic heterocycles. The van der Waals surface area contributed by atoms with E-state index in [0.717, 1.165) is 11.1 Å². The van der Waals surface area contributed by atoms with Crippen molar-refractivity contribution in [2.75, 3.05) is 0 Å². The summed E-state index contributed by atoms with van der Waals surface area (Å²) in [4.78, 5) is 0. The zero-order valence-corrected chi connectivity index (χ0v) is 18.9. The number of hydrogen-bond donors (Lipinski definition) is 0. The van der Waals surface area contributed by atoms with Gasteiger partial charge in [-0.25, -0.2) is 0 Å². The summed E-state index contributed by atoms with van der Waals surface area (Å²) < 4.78 is 0. The van der Waals surface area contributed by atoms with Crippen molar-refractivity contribution in [1.82, 2.24) is 0 Å². The molecule has 2 unspecified atom stereocenters. The molecule has 0 saturated carbocycles. The van der Waals surface area contributed by atoms with Gasteiger partial charge in [0.1, 0.15) is 0 Å². The third-order valence-electron chi connectivity index (χ3n) is 3.52. The fourth-order valence-electron chi connectivity index (χ4n) is 2.36. The molecular formula is C16H14Cl6Si2. The van der Waals surface area contributed by atoms with E-state index in [1.54, 1.807) is 0 Å². The fourth-order valence-corrected chi connectivity index (χ4v) is 7.74. The van der Waals surface area contributed by atoms with Crippen LogP contribution in [0, 0.1) is 0 Å². The molecule has 0 fully saturated rings. The van der Waals surface area contributed by atoms with Crippen LogP contribution < -0.4 is 0 Å². The van der Waals surface area contributed by atoms with E-state index >= 15 is 0 Å². The maximum Gasteiger partial charge on any atom is 0.352 e. The van der Waals surface area contributed by atoms with Crippen LogP contribution in [0.15, 0.2) is 72.8 Å². The lowest BCUT2D eigenvalue weighted by Crippen LogP contribution is -2.24. The van der Waals surface area contributed by atoms with Gasteiger partial charge in [0.2, 0.25) is 0 Å². The second-order valence-corrected chi connectivity index (χ2v) is 22.9. The first-order chi connectivity index (χ1) is 11.2. The second-order valence-electron chi connectivity index (χ2n) is 5.24. The van der Waals surface area contributed by atoms with E-state index < -0.39 is 12.0 Å². The van der Waals surface area contributed by atoms with Gasteiger partial charge in [-0.2, -0.15) is 0 Å². The Hall–Kier alpha value is 0.354. The van der Waals surface area contributed by atoms with Crippen LogP contribution in [0.1, 0.15) is 22.2 Å². The molecule has 0 N–H and O–H groups in total. The van der Waals surface area contributed by atoms with Crippen molar-refractivity contribution in [2.45, 2.75) is 11.1 Å². The summed E-state index contributed by atoms with van der Waals surface area (Å²) in [7, 11) is 0. The minimum atomic E-state index is -3.04. The standard InChI is InChI=1S/C16H14Cl6Si2/c17-23(18,19)15(13-7-3-1-4-8-13)11-12-16(24(20,21)22)14-9-5-2-6-10-14/h1-12,15-16H. The minimum absolute atomic E-state index is 0.309. The van der Waals surface area contributed by atoms with Crippen LogP contribution in [-0.4, -0.2) is 12.0 Å². The summed E-state index contributed by atoms with van der Waals surface area (Å²) in [5.74, 6) is 0. The molecule has 2 aromatic rings. The summed E-state index contributed by atoms with van der Waals surface area (Å²) in [5, 5.41) is 0. The number of allylic oxidation sites excluding steroid dienone is 2. The summed E-state index contributed by atoms with van der Waals surface area (Å²) >= 11 is 37.8. The molecule has 2 rings (SSSR count). The maximum atomic E-state index is 6.31. The Kier molecular flexibility index (Phi) is 7.60. The van der Waals surface area contributed by atoms with Gasteiger partial charge in [-0.15, -0.1) is 66.5 Å². The van der Waals surface area contributed by atoms with E-state index in [1.165, 1.54) is 0 Å². The molecule has 0 amide bonds. The molecule has 0 bridgehead atoms. The van der Waals surface area contributed by atoms with Gasteiger partial charge < -0.3 is 0 Å². The van der Waals surface area contributed by atoms with Crippen molar-refractivity contribution >= 4 is 78.5 Å². The highest BCUT2D eigenvalue weighted by molar-refractivity contribution is 7.65. The van der Waals surface area contributed by atoms with Crippen LogP contribution in [-0.2, 0) is 0 Å². The Labute approximate surface area is 172 Å². The molecule has 2 aromatic carbocycles. The van der Waals surface area contributed by atoms with E-state index in [-0.39, 0.29) is 11.1 Å². The summed E-state index contributed by atoms with van der Waals surface area (Å²) in [6.45, 7) is 0. The largest absolute Gasteiger partial charge is 0.352 e. The van der Waals surface area contributed by atoms with Gasteiger partial charge in [0.05, 0.1) is 0 Å². The summed E-state index contributed by atoms with van der Waals surface area (Å²) in [5.41, 5.74) is 1.27. The van der Waals surface area contributed by atoms with Gasteiger partial charge in [0.25, 0.3) is 0 Å². The molecule has 0 heterocycles. The van der Waals surface area contributed by atoms with E-state index in [2.05, 4.69) is 0 Å². The zero-order chi connectivity index (χ0) is 17.8. The highest BCUT2D eigenvalue weighted by Crippen LogP contribution is 2.41. The minimum Gasteiger partial charge on any atom is -0.125 e. The number of hydrogen-bond acceptors (Lipinski definition) is 0. The van der Waals surface area contributed by atoms with Crippen molar-refractivity contribution in [3.8, 4) is 0 Å². The van der Waals surface area contributed by atoms with Gasteiger partial charge in [0, 0.05) is 11.1 Å². The Bertz CT molecular complexity index is 605. The summed E-state index contributed by atoms with van der Waals surface area (Å²) in [6.07, 6.45) is 3.75. The van der Waals surface area contributed by atoms with Crippen LogP contribution >= 0.6 is 66.5 Å². The maximum absolute atomic E-state index is 6.31. The van der Waals surface area contributed by atoms with E-state index in [0.29, 0.717) is 0 Å². The van der Waals surface area contributed by atoms with Crippen LogP contribution in [0.25, 0.3) is 0 Å². The van der Waals surface area contributed by atoms with Crippen LogP contribution in [0.5, 0.6) is 0 Å². The highest BCUT2D eigenvalue weighted by Gasteiger charge is 2.39. The molecule has 0 aliphatic rings. The quantitative estimate of drug-likeness (QED) is 0.231. The summed E-state index contributed by atoms with van der Waals surface area (Å²) in [6, 6.07) is 13.2. The molecule has 0 aromatic heterocycles. The predicted molar refractivity (Wildman–Crippen MR) is 114 cm³/mol. The first kappa shape index (κ1) is 20.7. The molecule has 2 atom stereocenters. The molecule has 0 nitrogen and oxygen atoms in total. The average molecular weight is 475 g/mol. The van der Waals surface area contributed by atoms with E-state index in [9.17, 15) is 0 Å². The molecule has 24 heavy (non-hydrogen) atoms. The Morgan fingerprint density at radius 3 is 1.08 bits per heavy atom. The third kappa shape index (κ3) is 5.96. The van der Waals surface area contributed by atoms with Gasteiger partial charge in [0.15, 0.2) is 0 Å². The van der Waals surface area contributed by atoms with Crippen molar-refractivity contribution < 1.29 is 0 Å². The van der Waals surface area contributed by atoms with Gasteiger partial charge >= 0.3 is 12.0 Å². The Morgan fingerprint density at radius 2 is 0.833 bits per heavy atom. The number of halogens is 6. The van der Waals surface area contributed by atoms with Crippen molar-refractivity contribution in [3.05, 3.63) is 83.9 Å². The van der Waals surface area contributed by atoms with Crippen molar-refractivity contribution in [2.24, 2.45) is 0 Å². The zero-order valence-electron chi connectivity index (χ0n) is 12.4. The Morgan fingerprint density at radius 1 is 0.542 bits per heavy atom. The lowest BCUT2D eigenvalue weighted by molar-refractivity contribution is 1.13. The smallest absolute Gasteiger partial charge is 0.125 e. The topological polar surface area (TPSA) is 0 Å². The molecule has 0 saturated heterocycles. The lowest BCUT2D eigenvalue weighted by atomic mass is 10.1. The number of benzene rings is 2. The normalized spacial score (nSPS) is 15.4. The molecule has 0 radical (unpaired) electrons. The fraction of sp³-hybridized carbons (Fsp3) is 0.125. The molecule has 128 valence electrons. The van der Waals surface area contributed by atoms with Crippen molar-refractivity contribution in [3.63, 3.8) is 0 Å². The molecule has 0 spiro atoms. The van der Waals surface area contributed by atoms with E-state index in [4.69, 9.17) is 66.5 Å².